The van der Waals surface area contributed by atoms with Gasteiger partial charge in [0.05, 0.1) is 0 Å². The van der Waals surface area contributed by atoms with Crippen molar-refractivity contribution < 1.29 is 20.4 Å². The minimum atomic E-state index is -0.148. The van der Waals surface area contributed by atoms with Crippen LogP contribution in [0.3, 0.4) is 0 Å². The second-order valence-electron chi connectivity index (χ2n) is 7.65. The van der Waals surface area contributed by atoms with E-state index >= 15 is 0 Å². The van der Waals surface area contributed by atoms with E-state index < -0.39 is 0 Å². The molecule has 2 rings (SSSR count). The van der Waals surface area contributed by atoms with Crippen LogP contribution in [0, 0.1) is 0 Å². The highest BCUT2D eigenvalue weighted by atomic mass is 16.3. The molecule has 0 saturated carbocycles. The summed E-state index contributed by atoms with van der Waals surface area (Å²) >= 11 is 0. The van der Waals surface area contributed by atoms with E-state index in [1.54, 1.807) is 12.1 Å². The number of hydrogen-bond acceptors (Lipinski definition) is 4. The maximum Gasteiger partial charge on any atom is 0.157 e. The third-order valence-corrected chi connectivity index (χ3v) is 4.73. The molecule has 0 fully saturated rings. The normalized spacial score (nSPS) is 10.6. The lowest BCUT2D eigenvalue weighted by Gasteiger charge is -2.16. The van der Waals surface area contributed by atoms with Gasteiger partial charge in [0, 0.05) is 11.1 Å². The largest absolute Gasteiger partial charge is 0.508 e. The first-order valence-electron chi connectivity index (χ1n) is 9.52. The number of phenolic OH excluding ortho intramolecular Hbond substituents is 4. The number of allylic oxidation sites excluding steroid dienone is 4. The summed E-state index contributed by atoms with van der Waals surface area (Å²) < 4.78 is 0. The highest BCUT2D eigenvalue weighted by Crippen LogP contribution is 2.36. The molecule has 0 aliphatic rings. The van der Waals surface area contributed by atoms with E-state index in [1.807, 2.05) is 33.8 Å². The van der Waals surface area contributed by atoms with Gasteiger partial charge in [0.1, 0.15) is 11.5 Å². The van der Waals surface area contributed by atoms with E-state index in [1.165, 1.54) is 12.1 Å². The number of benzene rings is 2. The summed E-state index contributed by atoms with van der Waals surface area (Å²) in [5.74, 6) is -0.0463. The monoisotopic (exact) mass is 382 g/mol. The van der Waals surface area contributed by atoms with Gasteiger partial charge in [-0.2, -0.15) is 0 Å². The van der Waals surface area contributed by atoms with Crippen LogP contribution in [-0.2, 0) is 25.7 Å². The summed E-state index contributed by atoms with van der Waals surface area (Å²) in [5, 5.41) is 40.5. The van der Waals surface area contributed by atoms with Crippen molar-refractivity contribution in [2.45, 2.75) is 53.4 Å². The molecule has 0 spiro atoms. The van der Waals surface area contributed by atoms with E-state index in [-0.39, 0.29) is 23.0 Å². The van der Waals surface area contributed by atoms with Crippen LogP contribution < -0.4 is 0 Å². The van der Waals surface area contributed by atoms with Crippen LogP contribution >= 0.6 is 0 Å². The molecule has 28 heavy (non-hydrogen) atoms. The van der Waals surface area contributed by atoms with E-state index in [2.05, 4.69) is 6.08 Å². The maximum absolute atomic E-state index is 10.9. The van der Waals surface area contributed by atoms with Gasteiger partial charge in [0.15, 0.2) is 11.5 Å². The van der Waals surface area contributed by atoms with Crippen LogP contribution in [0.15, 0.2) is 47.6 Å². The molecule has 4 nitrogen and oxygen atoms in total. The van der Waals surface area contributed by atoms with Gasteiger partial charge in [-0.25, -0.2) is 0 Å². The van der Waals surface area contributed by atoms with Crippen LogP contribution in [0.4, 0.5) is 0 Å². The van der Waals surface area contributed by atoms with Gasteiger partial charge in [0.25, 0.3) is 0 Å². The second-order valence-corrected chi connectivity index (χ2v) is 7.65. The minimum absolute atomic E-state index is 0.0968. The highest BCUT2D eigenvalue weighted by molar-refractivity contribution is 5.55. The van der Waals surface area contributed by atoms with Gasteiger partial charge >= 0.3 is 0 Å². The summed E-state index contributed by atoms with van der Waals surface area (Å²) in [4.78, 5) is 0. The number of rotatable bonds is 7. The standard InChI is InChI=1S/C24H30O4/c1-15(2)5-10-19-18(9-7-17-8-12-21(25)23(27)13-17)14-22(26)20(24(19)28)11-6-16(3)4/h5-6,8,12-14,25-28H,7,9-11H2,1-4H3. The molecule has 0 unspecified atom stereocenters. The zero-order valence-corrected chi connectivity index (χ0v) is 17.1. The average Bonchev–Trinajstić information content (AvgIpc) is 2.61. The van der Waals surface area contributed by atoms with Crippen LogP contribution in [0.1, 0.15) is 49.9 Å². The fraction of sp³-hybridized carbons (Fsp3) is 0.333. The molecule has 0 aliphatic carbocycles. The molecule has 2 aromatic carbocycles. The van der Waals surface area contributed by atoms with E-state index in [0.717, 1.165) is 27.8 Å². The van der Waals surface area contributed by atoms with Crippen molar-refractivity contribution in [3.8, 4) is 23.0 Å². The SMILES string of the molecule is CC(C)=CCc1c(O)cc(CCc2ccc(O)c(O)c2)c(CC=C(C)C)c1O. The Bertz CT molecular complexity index is 899. The molecule has 0 aromatic heterocycles. The van der Waals surface area contributed by atoms with Gasteiger partial charge in [-0.05, 0) is 82.7 Å². The van der Waals surface area contributed by atoms with Crippen molar-refractivity contribution >= 4 is 0 Å². The van der Waals surface area contributed by atoms with Gasteiger partial charge in [-0.1, -0.05) is 29.4 Å². The minimum Gasteiger partial charge on any atom is -0.508 e. The molecule has 0 radical (unpaired) electrons. The number of phenols is 4. The fourth-order valence-corrected chi connectivity index (χ4v) is 3.06. The van der Waals surface area contributed by atoms with E-state index in [0.29, 0.717) is 31.2 Å². The van der Waals surface area contributed by atoms with Crippen LogP contribution in [0.2, 0.25) is 0 Å². The van der Waals surface area contributed by atoms with Crippen LogP contribution in [0.5, 0.6) is 23.0 Å². The van der Waals surface area contributed by atoms with Gasteiger partial charge in [0.2, 0.25) is 0 Å². The lowest BCUT2D eigenvalue weighted by atomic mass is 9.92. The Morgan fingerprint density at radius 2 is 1.32 bits per heavy atom. The molecule has 0 aliphatic heterocycles. The molecule has 0 bridgehead atoms. The lowest BCUT2D eigenvalue weighted by molar-refractivity contribution is 0.403. The summed E-state index contributed by atoms with van der Waals surface area (Å²) in [5.41, 5.74) is 5.40. The number of hydrogen-bond donors (Lipinski definition) is 4. The van der Waals surface area contributed by atoms with Crippen molar-refractivity contribution in [1.29, 1.82) is 0 Å². The summed E-state index contributed by atoms with van der Waals surface area (Å²) in [6, 6.07) is 6.50. The van der Waals surface area contributed by atoms with Gasteiger partial charge in [-0.3, -0.25) is 0 Å². The van der Waals surface area contributed by atoms with Crippen molar-refractivity contribution in [1.82, 2.24) is 0 Å². The number of aryl methyl sites for hydroxylation is 2. The second kappa shape index (κ2) is 9.36. The zero-order chi connectivity index (χ0) is 20.8. The van der Waals surface area contributed by atoms with Crippen molar-refractivity contribution in [2.75, 3.05) is 0 Å². The highest BCUT2D eigenvalue weighted by Gasteiger charge is 2.16. The van der Waals surface area contributed by atoms with Crippen LogP contribution in [0.25, 0.3) is 0 Å². The quantitative estimate of drug-likeness (QED) is 0.386. The summed E-state index contributed by atoms with van der Waals surface area (Å²) in [6.45, 7) is 8.00. The molecule has 150 valence electrons. The van der Waals surface area contributed by atoms with Gasteiger partial charge < -0.3 is 20.4 Å². The molecular weight excluding hydrogens is 352 g/mol. The van der Waals surface area contributed by atoms with Gasteiger partial charge in [-0.15, -0.1) is 0 Å². The Labute approximate surface area is 167 Å². The van der Waals surface area contributed by atoms with Crippen molar-refractivity contribution in [3.63, 3.8) is 0 Å². The Morgan fingerprint density at radius 1 is 0.714 bits per heavy atom. The third kappa shape index (κ3) is 5.56. The third-order valence-electron chi connectivity index (χ3n) is 4.73. The van der Waals surface area contributed by atoms with E-state index in [9.17, 15) is 20.4 Å². The molecule has 4 N–H and O–H groups in total. The molecule has 0 heterocycles. The Hall–Kier alpha value is -2.88. The Morgan fingerprint density at radius 3 is 1.89 bits per heavy atom. The Balaban J connectivity index is 2.38. The summed E-state index contributed by atoms with van der Waals surface area (Å²) in [6.07, 6.45) is 6.33. The van der Waals surface area contributed by atoms with Crippen molar-refractivity contribution in [2.24, 2.45) is 0 Å². The molecule has 0 atom stereocenters. The van der Waals surface area contributed by atoms with Crippen molar-refractivity contribution in [3.05, 3.63) is 69.8 Å². The van der Waals surface area contributed by atoms with E-state index in [4.69, 9.17) is 0 Å². The first-order valence-corrected chi connectivity index (χ1v) is 9.52. The Kier molecular flexibility index (Phi) is 7.16. The first kappa shape index (κ1) is 21.4. The molecule has 2 aromatic rings. The predicted octanol–water partition coefficient (Wildman–Crippen LogP) is 5.31. The molecule has 4 heteroatoms. The maximum atomic E-state index is 10.9. The topological polar surface area (TPSA) is 80.9 Å². The van der Waals surface area contributed by atoms with Crippen LogP contribution in [-0.4, -0.2) is 20.4 Å². The fourth-order valence-electron chi connectivity index (χ4n) is 3.06. The molecular formula is C24H30O4. The smallest absolute Gasteiger partial charge is 0.157 e. The zero-order valence-electron chi connectivity index (χ0n) is 17.1. The molecule has 0 amide bonds. The lowest BCUT2D eigenvalue weighted by Crippen LogP contribution is -2.01. The number of aromatic hydroxyl groups is 4. The molecule has 0 saturated heterocycles. The summed E-state index contributed by atoms with van der Waals surface area (Å²) in [7, 11) is 0. The average molecular weight is 383 g/mol. The predicted molar refractivity (Wildman–Crippen MR) is 113 cm³/mol. The first-order chi connectivity index (χ1) is 13.2.